The van der Waals surface area contributed by atoms with Gasteiger partial charge in [0, 0.05) is 12.6 Å². The fourth-order valence-corrected chi connectivity index (χ4v) is 2.60. The molecule has 1 aliphatic heterocycles. The first-order chi connectivity index (χ1) is 10.6. The predicted molar refractivity (Wildman–Crippen MR) is 81.6 cm³/mol. The van der Waals surface area contributed by atoms with Crippen molar-refractivity contribution in [2.75, 3.05) is 6.54 Å². The summed E-state index contributed by atoms with van der Waals surface area (Å²) in [7, 11) is 0. The molecule has 6 nitrogen and oxygen atoms in total. The van der Waals surface area contributed by atoms with Crippen LogP contribution in [0.2, 0.25) is 0 Å². The van der Waals surface area contributed by atoms with E-state index >= 15 is 0 Å². The fraction of sp³-hybridized carbons (Fsp3) is 0.312. The molecule has 0 bridgehead atoms. The molecule has 0 saturated carbocycles. The zero-order valence-electron chi connectivity index (χ0n) is 12.5. The van der Waals surface area contributed by atoms with Crippen LogP contribution in [0.3, 0.4) is 0 Å². The Morgan fingerprint density at radius 3 is 2.86 bits per heavy atom. The van der Waals surface area contributed by atoms with Crippen LogP contribution in [0.1, 0.15) is 52.5 Å². The summed E-state index contributed by atoms with van der Waals surface area (Å²) in [5, 5.41) is 5.66. The van der Waals surface area contributed by atoms with E-state index in [0.717, 1.165) is 5.56 Å². The number of imidazole rings is 1. The highest BCUT2D eigenvalue weighted by atomic mass is 16.2. The third-order valence-electron chi connectivity index (χ3n) is 3.90. The first kappa shape index (κ1) is 14.3. The molecule has 2 amide bonds. The Hall–Kier alpha value is -2.63. The molecule has 0 aliphatic carbocycles. The van der Waals surface area contributed by atoms with Gasteiger partial charge in [0.05, 0.1) is 12.4 Å². The molecular weight excluding hydrogens is 280 g/mol. The normalized spacial score (nSPS) is 18.3. The van der Waals surface area contributed by atoms with Gasteiger partial charge in [0.1, 0.15) is 5.69 Å². The van der Waals surface area contributed by atoms with E-state index in [9.17, 15) is 9.59 Å². The van der Waals surface area contributed by atoms with Crippen LogP contribution in [0, 0.1) is 0 Å². The van der Waals surface area contributed by atoms with Gasteiger partial charge in [-0.1, -0.05) is 30.3 Å². The minimum atomic E-state index is -0.339. The molecule has 6 heteroatoms. The minimum absolute atomic E-state index is 0.0910. The van der Waals surface area contributed by atoms with Gasteiger partial charge in [-0.15, -0.1) is 0 Å². The third-order valence-corrected chi connectivity index (χ3v) is 3.90. The maximum absolute atomic E-state index is 12.4. The van der Waals surface area contributed by atoms with Crippen molar-refractivity contribution in [1.82, 2.24) is 20.2 Å². The summed E-state index contributed by atoms with van der Waals surface area (Å²) in [5.74, 6) is -0.595. The lowest BCUT2D eigenvalue weighted by Crippen LogP contribution is -2.39. The van der Waals surface area contributed by atoms with Crippen molar-refractivity contribution in [3.63, 3.8) is 0 Å². The largest absolute Gasteiger partial charge is 0.349 e. The summed E-state index contributed by atoms with van der Waals surface area (Å²) < 4.78 is 1.75. The lowest BCUT2D eigenvalue weighted by molar-refractivity contribution is 0.0887. The average molecular weight is 298 g/mol. The Morgan fingerprint density at radius 2 is 2.14 bits per heavy atom. The second-order valence-electron chi connectivity index (χ2n) is 5.51. The van der Waals surface area contributed by atoms with E-state index in [1.165, 1.54) is 0 Å². The molecule has 2 atom stereocenters. The molecular formula is C16H18N4O2. The van der Waals surface area contributed by atoms with Crippen molar-refractivity contribution in [2.45, 2.75) is 25.9 Å². The second-order valence-corrected chi connectivity index (χ2v) is 5.51. The van der Waals surface area contributed by atoms with Gasteiger partial charge in [-0.2, -0.15) is 0 Å². The Bertz CT molecular complexity index is 708. The van der Waals surface area contributed by atoms with Crippen molar-refractivity contribution in [3.8, 4) is 0 Å². The molecule has 0 radical (unpaired) electrons. The first-order valence-electron chi connectivity index (χ1n) is 7.28. The van der Waals surface area contributed by atoms with E-state index < -0.39 is 0 Å². The lowest BCUT2D eigenvalue weighted by atomic mass is 10.1. The molecule has 0 unspecified atom stereocenters. The average Bonchev–Trinajstić information content (AvgIpc) is 2.98. The maximum atomic E-state index is 12.4. The van der Waals surface area contributed by atoms with Crippen molar-refractivity contribution in [2.24, 2.45) is 0 Å². The Morgan fingerprint density at radius 1 is 1.41 bits per heavy atom. The van der Waals surface area contributed by atoms with Gasteiger partial charge in [0.15, 0.2) is 5.69 Å². The van der Waals surface area contributed by atoms with Gasteiger partial charge in [-0.25, -0.2) is 4.98 Å². The van der Waals surface area contributed by atoms with Gasteiger partial charge in [0.2, 0.25) is 0 Å². The van der Waals surface area contributed by atoms with Crippen LogP contribution in [-0.2, 0) is 0 Å². The number of amides is 2. The van der Waals surface area contributed by atoms with Crippen molar-refractivity contribution in [3.05, 3.63) is 53.6 Å². The lowest BCUT2D eigenvalue weighted by Gasteiger charge is -2.23. The van der Waals surface area contributed by atoms with Gasteiger partial charge in [-0.05, 0) is 19.4 Å². The highest BCUT2D eigenvalue weighted by Gasteiger charge is 2.29. The predicted octanol–water partition coefficient (Wildman–Crippen LogP) is 1.68. The minimum Gasteiger partial charge on any atom is -0.349 e. The number of fused-ring (bicyclic) bond motifs is 1. The molecule has 1 aromatic carbocycles. The molecule has 0 spiro atoms. The van der Waals surface area contributed by atoms with E-state index in [1.54, 1.807) is 10.9 Å². The van der Waals surface area contributed by atoms with Gasteiger partial charge < -0.3 is 15.2 Å². The zero-order chi connectivity index (χ0) is 15.7. The Labute approximate surface area is 128 Å². The van der Waals surface area contributed by atoms with E-state index in [0.29, 0.717) is 12.2 Å². The summed E-state index contributed by atoms with van der Waals surface area (Å²) in [5.41, 5.74) is 1.50. The number of carbonyl (C=O) groups excluding carboxylic acids is 2. The molecule has 0 fully saturated rings. The van der Waals surface area contributed by atoms with E-state index in [1.807, 2.05) is 44.2 Å². The third kappa shape index (κ3) is 2.47. The van der Waals surface area contributed by atoms with E-state index in [-0.39, 0.29) is 29.6 Å². The molecule has 2 heterocycles. The van der Waals surface area contributed by atoms with Gasteiger partial charge >= 0.3 is 0 Å². The number of nitrogens with one attached hydrogen (secondary N) is 2. The van der Waals surface area contributed by atoms with Crippen molar-refractivity contribution in [1.29, 1.82) is 0 Å². The molecule has 1 aromatic heterocycles. The number of hydrogen-bond donors (Lipinski definition) is 2. The molecule has 2 aromatic rings. The highest BCUT2D eigenvalue weighted by Crippen LogP contribution is 2.19. The maximum Gasteiger partial charge on any atom is 0.272 e. The molecule has 2 N–H and O–H groups in total. The second kappa shape index (κ2) is 5.63. The van der Waals surface area contributed by atoms with Gasteiger partial charge in [0.25, 0.3) is 11.8 Å². The van der Waals surface area contributed by atoms with Crippen LogP contribution in [0.25, 0.3) is 0 Å². The fourth-order valence-electron chi connectivity index (χ4n) is 2.60. The molecule has 114 valence electrons. The molecule has 22 heavy (non-hydrogen) atoms. The highest BCUT2D eigenvalue weighted by molar-refractivity contribution is 6.05. The number of rotatable bonds is 3. The summed E-state index contributed by atoms with van der Waals surface area (Å²) >= 11 is 0. The molecule has 3 rings (SSSR count). The number of nitrogens with zero attached hydrogens (tertiary/aromatic N) is 2. The number of hydrogen-bond acceptors (Lipinski definition) is 3. The number of carbonyl (C=O) groups is 2. The van der Waals surface area contributed by atoms with Crippen LogP contribution in [0.4, 0.5) is 0 Å². The smallest absolute Gasteiger partial charge is 0.272 e. The van der Waals surface area contributed by atoms with E-state index in [4.69, 9.17) is 0 Å². The van der Waals surface area contributed by atoms with Crippen LogP contribution in [-0.4, -0.2) is 27.9 Å². The Balaban J connectivity index is 1.83. The molecule has 1 aliphatic rings. The SMILES string of the molecule is C[C@@H](NC(=O)c1ncn2c1C(=O)NC[C@@H]2C)c1ccccc1. The van der Waals surface area contributed by atoms with E-state index in [2.05, 4.69) is 15.6 Å². The molecule has 0 saturated heterocycles. The van der Waals surface area contributed by atoms with Crippen LogP contribution >= 0.6 is 0 Å². The standard InChI is InChI=1S/C16H18N4O2/c1-10-8-17-16(22)14-13(18-9-20(10)14)15(21)19-11(2)12-6-4-3-5-7-12/h3-7,9-11H,8H2,1-2H3,(H,17,22)(H,19,21)/t10-,11+/m0/s1. The number of benzene rings is 1. The van der Waals surface area contributed by atoms with Crippen molar-refractivity contribution >= 4 is 11.8 Å². The van der Waals surface area contributed by atoms with Crippen LogP contribution in [0.5, 0.6) is 0 Å². The quantitative estimate of drug-likeness (QED) is 0.905. The zero-order valence-corrected chi connectivity index (χ0v) is 12.5. The monoisotopic (exact) mass is 298 g/mol. The topological polar surface area (TPSA) is 76.0 Å². The van der Waals surface area contributed by atoms with Crippen LogP contribution < -0.4 is 10.6 Å². The summed E-state index contributed by atoms with van der Waals surface area (Å²) in [6.45, 7) is 4.42. The number of aromatic nitrogens is 2. The van der Waals surface area contributed by atoms with Gasteiger partial charge in [-0.3, -0.25) is 9.59 Å². The summed E-state index contributed by atoms with van der Waals surface area (Å²) in [4.78, 5) is 28.6. The van der Waals surface area contributed by atoms with Crippen LogP contribution in [0.15, 0.2) is 36.7 Å². The Kier molecular flexibility index (Phi) is 3.66. The summed E-state index contributed by atoms with van der Waals surface area (Å²) in [6, 6.07) is 9.60. The van der Waals surface area contributed by atoms with Crippen molar-refractivity contribution < 1.29 is 9.59 Å². The first-order valence-corrected chi connectivity index (χ1v) is 7.28. The summed E-state index contributed by atoms with van der Waals surface area (Å²) in [6.07, 6.45) is 1.56.